The molecule has 4 rings (SSSR count). The van der Waals surface area contributed by atoms with Crippen LogP contribution in [0.1, 0.15) is 29.8 Å². The minimum absolute atomic E-state index is 0.0505. The van der Waals surface area contributed by atoms with E-state index in [1.54, 1.807) is 6.07 Å². The van der Waals surface area contributed by atoms with Gasteiger partial charge in [-0.15, -0.1) is 0 Å². The van der Waals surface area contributed by atoms with Crippen molar-refractivity contribution in [3.63, 3.8) is 0 Å². The third-order valence-corrected chi connectivity index (χ3v) is 8.58. The molecule has 0 aromatic heterocycles. The predicted molar refractivity (Wildman–Crippen MR) is 154 cm³/mol. The number of fused-ring (bicyclic) bond motifs is 1. The summed E-state index contributed by atoms with van der Waals surface area (Å²) in [6.45, 7) is 4.10. The second kappa shape index (κ2) is 11.9. The van der Waals surface area contributed by atoms with Crippen LogP contribution in [-0.2, 0) is 16.4 Å². The SMILES string of the molecule is CN(CC(O)CNC(C)(C)Cc1ccc2ccccc2c1)S(=O)(=O)c1cccc(-c2cc(F)cc(C(=O)O)c2)c1. The van der Waals surface area contributed by atoms with Crippen LogP contribution >= 0.6 is 0 Å². The first-order valence-electron chi connectivity index (χ1n) is 12.9. The monoisotopic (exact) mass is 564 g/mol. The number of sulfonamides is 1. The molecule has 4 aromatic carbocycles. The van der Waals surface area contributed by atoms with Crippen molar-refractivity contribution >= 4 is 26.8 Å². The van der Waals surface area contributed by atoms with Crippen molar-refractivity contribution in [3.8, 4) is 11.1 Å². The smallest absolute Gasteiger partial charge is 0.335 e. The molecule has 9 heteroatoms. The van der Waals surface area contributed by atoms with E-state index in [2.05, 4.69) is 35.6 Å². The molecule has 0 aliphatic carbocycles. The first-order valence-corrected chi connectivity index (χ1v) is 14.3. The van der Waals surface area contributed by atoms with Crippen molar-refractivity contribution in [3.05, 3.63) is 102 Å². The normalized spacial score (nSPS) is 13.1. The highest BCUT2D eigenvalue weighted by Crippen LogP contribution is 2.26. The molecule has 3 N–H and O–H groups in total. The molecule has 0 aliphatic rings. The van der Waals surface area contributed by atoms with Gasteiger partial charge in [0.25, 0.3) is 0 Å². The fourth-order valence-corrected chi connectivity index (χ4v) is 5.93. The molecule has 0 aliphatic heterocycles. The van der Waals surface area contributed by atoms with Crippen LogP contribution in [0, 0.1) is 5.82 Å². The molecule has 1 atom stereocenters. The highest BCUT2D eigenvalue weighted by molar-refractivity contribution is 7.89. The van der Waals surface area contributed by atoms with E-state index in [-0.39, 0.29) is 34.7 Å². The molecule has 4 aromatic rings. The number of hydrogen-bond acceptors (Lipinski definition) is 5. The summed E-state index contributed by atoms with van der Waals surface area (Å²) in [6, 6.07) is 23.7. The van der Waals surface area contributed by atoms with E-state index in [0.29, 0.717) is 5.56 Å². The summed E-state index contributed by atoms with van der Waals surface area (Å²) in [6.07, 6.45) is -0.255. The van der Waals surface area contributed by atoms with Crippen molar-refractivity contribution < 1.29 is 27.8 Å². The van der Waals surface area contributed by atoms with E-state index in [4.69, 9.17) is 0 Å². The number of halogens is 1. The van der Waals surface area contributed by atoms with E-state index >= 15 is 0 Å². The summed E-state index contributed by atoms with van der Waals surface area (Å²) in [5.74, 6) is -2.02. The Kier molecular flexibility index (Phi) is 8.70. The van der Waals surface area contributed by atoms with Gasteiger partial charge in [-0.1, -0.05) is 54.6 Å². The third-order valence-electron chi connectivity index (χ3n) is 6.76. The summed E-state index contributed by atoms with van der Waals surface area (Å²) in [4.78, 5) is 11.3. The lowest BCUT2D eigenvalue weighted by Gasteiger charge is -2.29. The van der Waals surface area contributed by atoms with Gasteiger partial charge in [0, 0.05) is 25.7 Å². The van der Waals surface area contributed by atoms with Crippen molar-refractivity contribution in [2.24, 2.45) is 0 Å². The number of carboxylic acid groups (broad SMARTS) is 1. The zero-order chi connectivity index (χ0) is 29.1. The minimum atomic E-state index is -3.99. The summed E-state index contributed by atoms with van der Waals surface area (Å²) < 4.78 is 41.6. The maximum atomic E-state index is 14.0. The fourth-order valence-electron chi connectivity index (χ4n) is 4.67. The van der Waals surface area contributed by atoms with Crippen molar-refractivity contribution in [1.29, 1.82) is 0 Å². The third kappa shape index (κ3) is 7.11. The summed E-state index contributed by atoms with van der Waals surface area (Å²) in [7, 11) is -2.60. The first kappa shape index (κ1) is 29.4. The van der Waals surface area contributed by atoms with Gasteiger partial charge in [0.05, 0.1) is 16.6 Å². The lowest BCUT2D eigenvalue weighted by molar-refractivity contribution is 0.0696. The van der Waals surface area contributed by atoms with Crippen LogP contribution in [0.2, 0.25) is 0 Å². The molecule has 0 amide bonds. The van der Waals surface area contributed by atoms with Gasteiger partial charge in [0.2, 0.25) is 10.0 Å². The number of carboxylic acids is 1. The number of likely N-dealkylation sites (N-methyl/N-ethyl adjacent to an activating group) is 1. The highest BCUT2D eigenvalue weighted by Gasteiger charge is 2.25. The van der Waals surface area contributed by atoms with Gasteiger partial charge >= 0.3 is 5.97 Å². The molecule has 40 heavy (non-hydrogen) atoms. The lowest BCUT2D eigenvalue weighted by atomic mass is 9.93. The molecule has 0 bridgehead atoms. The first-order chi connectivity index (χ1) is 18.8. The van der Waals surface area contributed by atoms with Crippen LogP contribution in [0.5, 0.6) is 0 Å². The molecule has 0 fully saturated rings. The number of aliphatic hydroxyl groups is 1. The van der Waals surface area contributed by atoms with E-state index in [1.807, 2.05) is 26.0 Å². The second-order valence-electron chi connectivity index (χ2n) is 10.6. The molecule has 0 heterocycles. The zero-order valence-electron chi connectivity index (χ0n) is 22.6. The van der Waals surface area contributed by atoms with Crippen LogP contribution in [0.3, 0.4) is 0 Å². The van der Waals surface area contributed by atoms with Gasteiger partial charge < -0.3 is 15.5 Å². The number of benzene rings is 4. The molecule has 0 saturated carbocycles. The number of β-amino-alcohol motifs (C(OH)–C–C–N with tert-alkyl or cyclic N) is 1. The Hall–Kier alpha value is -3.63. The number of carbonyl (C=O) groups is 1. The Balaban J connectivity index is 1.40. The van der Waals surface area contributed by atoms with E-state index in [9.17, 15) is 27.8 Å². The van der Waals surface area contributed by atoms with Gasteiger partial charge in [0.1, 0.15) is 5.82 Å². The number of nitrogens with zero attached hydrogens (tertiary/aromatic N) is 1. The van der Waals surface area contributed by atoms with Crippen molar-refractivity contribution in [1.82, 2.24) is 9.62 Å². The molecule has 7 nitrogen and oxygen atoms in total. The van der Waals surface area contributed by atoms with Gasteiger partial charge in [-0.05, 0) is 78.1 Å². The Bertz CT molecular complexity index is 1640. The Labute approximate surface area is 233 Å². The Morgan fingerprint density at radius 2 is 1.68 bits per heavy atom. The van der Waals surface area contributed by atoms with Crippen LogP contribution in [0.15, 0.2) is 89.8 Å². The lowest BCUT2D eigenvalue weighted by Crippen LogP contribution is -2.47. The molecular formula is C31H33FN2O5S. The fraction of sp³-hybridized carbons (Fsp3) is 0.258. The largest absolute Gasteiger partial charge is 0.478 e. The minimum Gasteiger partial charge on any atom is -0.478 e. The number of aliphatic hydroxyl groups excluding tert-OH is 1. The molecule has 0 radical (unpaired) electrons. The molecule has 0 spiro atoms. The van der Waals surface area contributed by atoms with E-state index in [0.717, 1.165) is 33.8 Å². The molecule has 1 unspecified atom stereocenters. The molecular weight excluding hydrogens is 531 g/mol. The quantitative estimate of drug-likeness (QED) is 0.238. The summed E-state index contributed by atoms with van der Waals surface area (Å²) in [5, 5.41) is 25.6. The number of nitrogens with one attached hydrogen (secondary N) is 1. The van der Waals surface area contributed by atoms with Crippen LogP contribution in [0.25, 0.3) is 21.9 Å². The summed E-state index contributed by atoms with van der Waals surface area (Å²) in [5.41, 5.74) is 1.16. The van der Waals surface area contributed by atoms with E-state index in [1.165, 1.54) is 36.7 Å². The maximum absolute atomic E-state index is 14.0. The maximum Gasteiger partial charge on any atom is 0.335 e. The number of hydrogen-bond donors (Lipinski definition) is 3. The zero-order valence-corrected chi connectivity index (χ0v) is 23.5. The Morgan fingerprint density at radius 1 is 0.950 bits per heavy atom. The van der Waals surface area contributed by atoms with Crippen LogP contribution in [-0.4, -0.2) is 60.7 Å². The average Bonchev–Trinajstić information content (AvgIpc) is 2.91. The van der Waals surface area contributed by atoms with Crippen LogP contribution < -0.4 is 5.32 Å². The average molecular weight is 565 g/mol. The van der Waals surface area contributed by atoms with Crippen molar-refractivity contribution in [2.75, 3.05) is 20.1 Å². The molecule has 0 saturated heterocycles. The Morgan fingerprint density at radius 3 is 2.40 bits per heavy atom. The number of rotatable bonds is 11. The second-order valence-corrected chi connectivity index (χ2v) is 12.7. The topological polar surface area (TPSA) is 107 Å². The van der Waals surface area contributed by atoms with Gasteiger partial charge in [-0.25, -0.2) is 17.6 Å². The highest BCUT2D eigenvalue weighted by atomic mass is 32.2. The number of aromatic carboxylic acids is 1. The molecule has 210 valence electrons. The van der Waals surface area contributed by atoms with Crippen LogP contribution in [0.4, 0.5) is 4.39 Å². The standard InChI is InChI=1S/C31H33FN2O5S/c1-31(2,18-21-11-12-22-7-4-5-8-23(22)13-21)33-19-28(35)20-34(3)40(38,39)29-10-6-9-24(17-29)25-14-26(30(36)37)16-27(32)15-25/h4-17,28,33,35H,18-20H2,1-3H3,(H,36,37). The van der Waals surface area contributed by atoms with Gasteiger partial charge in [0.15, 0.2) is 0 Å². The summed E-state index contributed by atoms with van der Waals surface area (Å²) >= 11 is 0. The van der Waals surface area contributed by atoms with Gasteiger partial charge in [-0.2, -0.15) is 4.31 Å². The van der Waals surface area contributed by atoms with E-state index < -0.39 is 27.9 Å². The predicted octanol–water partition coefficient (Wildman–Crippen LogP) is 4.94. The van der Waals surface area contributed by atoms with Crippen molar-refractivity contribution in [2.45, 2.75) is 36.8 Å². The van der Waals surface area contributed by atoms with Gasteiger partial charge in [-0.3, -0.25) is 0 Å².